The van der Waals surface area contributed by atoms with Crippen molar-refractivity contribution in [2.45, 2.75) is 25.4 Å². The zero-order valence-electron chi connectivity index (χ0n) is 18.1. The first-order chi connectivity index (χ1) is 16.2. The van der Waals surface area contributed by atoms with Crippen LogP contribution in [0, 0.1) is 0 Å². The maximum absolute atomic E-state index is 13.7. The Morgan fingerprint density at radius 2 is 1.71 bits per heavy atom. The second kappa shape index (κ2) is 9.42. The molecule has 1 aromatic heterocycles. The quantitative estimate of drug-likeness (QED) is 0.467. The molecule has 176 valence electrons. The van der Waals surface area contributed by atoms with Gasteiger partial charge in [0, 0.05) is 25.0 Å². The summed E-state index contributed by atoms with van der Waals surface area (Å²) in [4.78, 5) is 28.0. The van der Waals surface area contributed by atoms with Gasteiger partial charge in [-0.25, -0.2) is 4.79 Å². The number of aryl methyl sites for hydroxylation is 2. The number of anilines is 2. The molecule has 1 aliphatic carbocycles. The van der Waals surface area contributed by atoms with E-state index in [1.165, 1.54) is 37.0 Å². The van der Waals surface area contributed by atoms with E-state index in [2.05, 4.69) is 20.9 Å². The molecule has 2 aromatic carbocycles. The monoisotopic (exact) mass is 470 g/mol. The molecule has 0 aliphatic heterocycles. The van der Waals surface area contributed by atoms with E-state index in [1.807, 2.05) is 12.1 Å². The summed E-state index contributed by atoms with van der Waals surface area (Å²) in [6, 6.07) is 10.6. The predicted octanol–water partition coefficient (Wildman–Crippen LogP) is 5.39. The fraction of sp³-hybridized carbons (Fsp3) is 0.208. The van der Waals surface area contributed by atoms with Gasteiger partial charge >= 0.3 is 12.2 Å². The van der Waals surface area contributed by atoms with Crippen molar-refractivity contribution in [2.24, 2.45) is 0 Å². The van der Waals surface area contributed by atoms with E-state index in [0.29, 0.717) is 5.69 Å². The number of alkyl halides is 3. The molecule has 0 bridgehead atoms. The number of hydrogen-bond acceptors (Lipinski definition) is 4. The van der Waals surface area contributed by atoms with E-state index in [1.54, 1.807) is 6.07 Å². The van der Waals surface area contributed by atoms with Crippen LogP contribution >= 0.6 is 0 Å². The number of ether oxygens (including phenoxy) is 1. The summed E-state index contributed by atoms with van der Waals surface area (Å²) in [6.07, 6.45) is -0.502. The summed E-state index contributed by atoms with van der Waals surface area (Å²) >= 11 is 0. The summed E-state index contributed by atoms with van der Waals surface area (Å²) < 4.78 is 46.7. The van der Waals surface area contributed by atoms with Crippen LogP contribution in [0.15, 0.2) is 54.7 Å². The van der Waals surface area contributed by atoms with Crippen LogP contribution in [0.2, 0.25) is 0 Å². The fourth-order valence-electron chi connectivity index (χ4n) is 3.73. The lowest BCUT2D eigenvalue weighted by atomic mass is 10.1. The molecular weight excluding hydrogens is 449 g/mol. The van der Waals surface area contributed by atoms with Gasteiger partial charge in [-0.2, -0.15) is 13.2 Å². The Balaban J connectivity index is 1.52. The summed E-state index contributed by atoms with van der Waals surface area (Å²) in [5.74, 6) is -0.446. The highest BCUT2D eigenvalue weighted by Gasteiger charge is 2.34. The second-order valence-corrected chi connectivity index (χ2v) is 7.68. The number of fused-ring (bicyclic) bond motifs is 1. The molecule has 1 aliphatic rings. The summed E-state index contributed by atoms with van der Waals surface area (Å²) in [5, 5.41) is 7.25. The van der Waals surface area contributed by atoms with Crippen LogP contribution in [0.5, 0.6) is 11.5 Å². The van der Waals surface area contributed by atoms with Gasteiger partial charge in [0.25, 0.3) is 5.91 Å². The number of urea groups is 1. The Morgan fingerprint density at radius 3 is 2.47 bits per heavy atom. The number of hydrogen-bond donors (Lipinski definition) is 3. The minimum atomic E-state index is -4.75. The molecule has 3 aromatic rings. The van der Waals surface area contributed by atoms with Crippen LogP contribution in [0.1, 0.15) is 33.6 Å². The lowest BCUT2D eigenvalue weighted by molar-refractivity contribution is -0.137. The van der Waals surface area contributed by atoms with Gasteiger partial charge in [0.15, 0.2) is 0 Å². The highest BCUT2D eigenvalue weighted by atomic mass is 19.4. The number of carbonyl (C=O) groups is 2. The van der Waals surface area contributed by atoms with Crippen LogP contribution in [-0.2, 0) is 19.0 Å². The summed E-state index contributed by atoms with van der Waals surface area (Å²) in [6.45, 7) is 0. The van der Waals surface area contributed by atoms with E-state index in [9.17, 15) is 22.8 Å². The van der Waals surface area contributed by atoms with E-state index < -0.39 is 29.4 Å². The van der Waals surface area contributed by atoms with Crippen molar-refractivity contribution in [1.82, 2.24) is 10.3 Å². The molecule has 0 spiro atoms. The molecule has 7 nitrogen and oxygen atoms in total. The van der Waals surface area contributed by atoms with Crippen LogP contribution in [0.4, 0.5) is 29.3 Å². The van der Waals surface area contributed by atoms with Gasteiger partial charge in [0.05, 0.1) is 11.3 Å². The average Bonchev–Trinajstić information content (AvgIpc) is 3.27. The Labute approximate surface area is 193 Å². The smallest absolute Gasteiger partial charge is 0.418 e. The largest absolute Gasteiger partial charge is 0.457 e. The molecule has 0 unspecified atom stereocenters. The third-order valence-electron chi connectivity index (χ3n) is 5.33. The molecule has 4 rings (SSSR count). The molecule has 34 heavy (non-hydrogen) atoms. The van der Waals surface area contributed by atoms with Crippen molar-refractivity contribution < 1.29 is 27.5 Å². The minimum Gasteiger partial charge on any atom is -0.457 e. The van der Waals surface area contributed by atoms with Crippen LogP contribution in [0.3, 0.4) is 0 Å². The molecule has 10 heteroatoms. The van der Waals surface area contributed by atoms with Gasteiger partial charge in [-0.3, -0.25) is 9.78 Å². The van der Waals surface area contributed by atoms with Gasteiger partial charge in [-0.1, -0.05) is 6.07 Å². The fourth-order valence-corrected chi connectivity index (χ4v) is 3.73. The van der Waals surface area contributed by atoms with Crippen molar-refractivity contribution in [3.63, 3.8) is 0 Å². The Hall–Kier alpha value is -4.08. The number of nitrogens with one attached hydrogen (secondary N) is 3. The Bertz CT molecular complexity index is 1240. The maximum atomic E-state index is 13.7. The first-order valence-electron chi connectivity index (χ1n) is 10.5. The molecule has 0 saturated carbocycles. The lowest BCUT2D eigenvalue weighted by Crippen LogP contribution is -2.22. The van der Waals surface area contributed by atoms with Crippen molar-refractivity contribution in [1.29, 1.82) is 0 Å². The normalized spacial score (nSPS) is 12.6. The van der Waals surface area contributed by atoms with E-state index in [4.69, 9.17) is 4.74 Å². The lowest BCUT2D eigenvalue weighted by Gasteiger charge is -2.16. The molecule has 1 heterocycles. The average molecular weight is 470 g/mol. The molecule has 3 amide bonds. The van der Waals surface area contributed by atoms with Gasteiger partial charge in [-0.05, 0) is 66.8 Å². The topological polar surface area (TPSA) is 92.4 Å². The molecule has 3 N–H and O–H groups in total. The molecule has 0 atom stereocenters. The standard InChI is InChI=1S/C24H21F3N4O3/c1-28-22(32)21-13-18(9-10-29-21)34-17-7-8-20(19(12-17)24(25,26)27)31-23(33)30-16-6-5-14-3-2-4-15(14)11-16/h5-13H,2-4H2,1H3,(H,28,32)(H2,30,31,33). The first-order valence-corrected chi connectivity index (χ1v) is 10.5. The highest BCUT2D eigenvalue weighted by molar-refractivity contribution is 6.00. The summed E-state index contributed by atoms with van der Waals surface area (Å²) in [5.41, 5.74) is 1.42. The number of rotatable bonds is 5. The minimum absolute atomic E-state index is 0.0533. The molecule has 0 radical (unpaired) electrons. The Morgan fingerprint density at radius 1 is 0.941 bits per heavy atom. The van der Waals surface area contributed by atoms with E-state index in [0.717, 1.165) is 37.0 Å². The van der Waals surface area contributed by atoms with Crippen molar-refractivity contribution in [3.05, 3.63) is 77.1 Å². The van der Waals surface area contributed by atoms with Crippen LogP contribution in [0.25, 0.3) is 0 Å². The van der Waals surface area contributed by atoms with Crippen molar-refractivity contribution >= 4 is 23.3 Å². The van der Waals surface area contributed by atoms with Gasteiger partial charge in [0.1, 0.15) is 17.2 Å². The van der Waals surface area contributed by atoms with Crippen molar-refractivity contribution in [2.75, 3.05) is 17.7 Å². The van der Waals surface area contributed by atoms with Gasteiger partial charge in [0.2, 0.25) is 0 Å². The van der Waals surface area contributed by atoms with Crippen LogP contribution < -0.4 is 20.7 Å². The zero-order valence-corrected chi connectivity index (χ0v) is 18.1. The number of nitrogens with zero attached hydrogens (tertiary/aromatic N) is 1. The Kier molecular flexibility index (Phi) is 6.40. The highest BCUT2D eigenvalue weighted by Crippen LogP contribution is 2.38. The number of halogens is 3. The zero-order chi connectivity index (χ0) is 24.3. The number of aromatic nitrogens is 1. The number of carbonyl (C=O) groups excluding carboxylic acids is 2. The predicted molar refractivity (Wildman–Crippen MR) is 120 cm³/mol. The van der Waals surface area contributed by atoms with E-state index >= 15 is 0 Å². The molecule has 0 fully saturated rings. The van der Waals surface area contributed by atoms with E-state index in [-0.39, 0.29) is 17.2 Å². The molecule has 0 saturated heterocycles. The molecular formula is C24H21F3N4O3. The number of amides is 3. The van der Waals surface area contributed by atoms with Gasteiger partial charge < -0.3 is 20.7 Å². The number of pyridine rings is 1. The maximum Gasteiger partial charge on any atom is 0.418 e. The van der Waals surface area contributed by atoms with Gasteiger partial charge in [-0.15, -0.1) is 0 Å². The summed E-state index contributed by atoms with van der Waals surface area (Å²) in [7, 11) is 1.43. The third-order valence-corrected chi connectivity index (χ3v) is 5.33. The SMILES string of the molecule is CNC(=O)c1cc(Oc2ccc(NC(=O)Nc3ccc4c(c3)CCC4)c(C(F)(F)F)c2)ccn1. The third kappa shape index (κ3) is 5.28. The number of benzene rings is 2. The first kappa shape index (κ1) is 23.1. The van der Waals surface area contributed by atoms with Crippen molar-refractivity contribution in [3.8, 4) is 11.5 Å². The van der Waals surface area contributed by atoms with Crippen LogP contribution in [-0.4, -0.2) is 24.0 Å². The second-order valence-electron chi connectivity index (χ2n) is 7.68.